The van der Waals surface area contributed by atoms with Crippen LogP contribution >= 0.6 is 0 Å². The van der Waals surface area contributed by atoms with Crippen molar-refractivity contribution in [2.45, 2.75) is 6.92 Å². The Morgan fingerprint density at radius 3 is 2.40 bits per heavy atom. The van der Waals surface area contributed by atoms with Crippen LogP contribution in [0.15, 0.2) is 72.8 Å². The van der Waals surface area contributed by atoms with E-state index in [0.29, 0.717) is 11.3 Å². The van der Waals surface area contributed by atoms with Gasteiger partial charge in [-0.15, -0.1) is 0 Å². The van der Waals surface area contributed by atoms with Crippen LogP contribution in [0, 0.1) is 17.0 Å². The lowest BCUT2D eigenvalue weighted by atomic mass is 10.1. The third-order valence-electron chi connectivity index (χ3n) is 4.12. The molecule has 0 radical (unpaired) electrons. The van der Waals surface area contributed by atoms with Crippen LogP contribution < -0.4 is 10.1 Å². The molecule has 0 spiro atoms. The molecule has 0 atom stereocenters. The molecular formula is C22H18N2O6. The van der Waals surface area contributed by atoms with Gasteiger partial charge >= 0.3 is 5.97 Å². The Balaban J connectivity index is 1.67. The maximum atomic E-state index is 12.5. The quantitative estimate of drug-likeness (QED) is 0.352. The fourth-order valence-electron chi connectivity index (χ4n) is 2.69. The highest BCUT2D eigenvalue weighted by molar-refractivity contribution is 5.98. The molecule has 0 bridgehead atoms. The van der Waals surface area contributed by atoms with Crippen LogP contribution in [0.25, 0.3) is 0 Å². The van der Waals surface area contributed by atoms with E-state index in [9.17, 15) is 19.7 Å². The average molecular weight is 406 g/mol. The number of para-hydroxylation sites is 3. The number of esters is 1. The van der Waals surface area contributed by atoms with Gasteiger partial charge in [-0.3, -0.25) is 14.9 Å². The molecule has 152 valence electrons. The van der Waals surface area contributed by atoms with Crippen molar-refractivity contribution in [1.82, 2.24) is 0 Å². The summed E-state index contributed by atoms with van der Waals surface area (Å²) in [5.41, 5.74) is 0.495. The first-order chi connectivity index (χ1) is 14.5. The summed E-state index contributed by atoms with van der Waals surface area (Å²) in [5, 5.41) is 13.6. The highest BCUT2D eigenvalue weighted by Gasteiger charge is 2.20. The van der Waals surface area contributed by atoms with Gasteiger partial charge in [0.05, 0.1) is 4.92 Å². The Morgan fingerprint density at radius 2 is 1.67 bits per heavy atom. The smallest absolute Gasteiger partial charge is 0.342 e. The average Bonchev–Trinajstić information content (AvgIpc) is 2.74. The second kappa shape index (κ2) is 9.33. The van der Waals surface area contributed by atoms with Crippen molar-refractivity contribution in [3.05, 3.63) is 94.0 Å². The molecule has 0 fully saturated rings. The maximum Gasteiger partial charge on any atom is 0.342 e. The first-order valence-corrected chi connectivity index (χ1v) is 8.98. The molecule has 0 aromatic heterocycles. The second-order valence-corrected chi connectivity index (χ2v) is 6.26. The first-order valence-electron chi connectivity index (χ1n) is 8.98. The predicted molar refractivity (Wildman–Crippen MR) is 110 cm³/mol. The molecule has 0 saturated heterocycles. The van der Waals surface area contributed by atoms with E-state index in [1.54, 1.807) is 55.5 Å². The minimum absolute atomic E-state index is 0.0661. The van der Waals surface area contributed by atoms with Crippen LogP contribution in [0.3, 0.4) is 0 Å². The maximum absolute atomic E-state index is 12.5. The van der Waals surface area contributed by atoms with Gasteiger partial charge in [-0.2, -0.15) is 0 Å². The van der Waals surface area contributed by atoms with Crippen molar-refractivity contribution in [3.63, 3.8) is 0 Å². The minimum Gasteiger partial charge on any atom is -0.456 e. The monoisotopic (exact) mass is 406 g/mol. The number of rotatable bonds is 7. The molecular weight excluding hydrogens is 388 g/mol. The summed E-state index contributed by atoms with van der Waals surface area (Å²) < 4.78 is 10.8. The molecule has 8 heteroatoms. The number of nitro groups is 1. The van der Waals surface area contributed by atoms with Crippen LogP contribution in [0.5, 0.6) is 11.5 Å². The van der Waals surface area contributed by atoms with E-state index >= 15 is 0 Å². The molecule has 0 unspecified atom stereocenters. The van der Waals surface area contributed by atoms with E-state index < -0.39 is 23.4 Å². The molecule has 3 aromatic rings. The van der Waals surface area contributed by atoms with Crippen molar-refractivity contribution in [2.75, 3.05) is 11.9 Å². The number of nitrogens with one attached hydrogen (secondary N) is 1. The zero-order valence-electron chi connectivity index (χ0n) is 16.0. The molecule has 3 rings (SSSR count). The number of anilines is 1. The molecule has 0 aliphatic heterocycles. The zero-order chi connectivity index (χ0) is 21.5. The van der Waals surface area contributed by atoms with E-state index in [1.165, 1.54) is 18.2 Å². The highest BCUT2D eigenvalue weighted by atomic mass is 16.6. The number of hydrogen-bond acceptors (Lipinski definition) is 6. The Labute approximate surface area is 172 Å². The van der Waals surface area contributed by atoms with E-state index in [4.69, 9.17) is 9.47 Å². The fraction of sp³-hybridized carbons (Fsp3) is 0.0909. The van der Waals surface area contributed by atoms with Gasteiger partial charge in [0.15, 0.2) is 6.61 Å². The van der Waals surface area contributed by atoms with Crippen LogP contribution in [0.4, 0.5) is 11.4 Å². The fourth-order valence-corrected chi connectivity index (χ4v) is 2.69. The summed E-state index contributed by atoms with van der Waals surface area (Å²) in [5.74, 6) is -0.621. The number of carbonyl (C=O) groups excluding carboxylic acids is 2. The molecule has 0 aliphatic rings. The van der Waals surface area contributed by atoms with Crippen LogP contribution in [-0.2, 0) is 9.53 Å². The van der Waals surface area contributed by atoms with E-state index in [-0.39, 0.29) is 22.7 Å². The van der Waals surface area contributed by atoms with Crippen molar-refractivity contribution < 1.29 is 24.0 Å². The van der Waals surface area contributed by atoms with Gasteiger partial charge in [-0.1, -0.05) is 42.5 Å². The van der Waals surface area contributed by atoms with Gasteiger partial charge < -0.3 is 14.8 Å². The second-order valence-electron chi connectivity index (χ2n) is 6.26. The summed E-state index contributed by atoms with van der Waals surface area (Å²) in [4.78, 5) is 35.2. The Kier molecular flexibility index (Phi) is 6.39. The standard InChI is InChI=1S/C22H18N2O6/c1-15-8-7-12-18(24(27)28)21(15)23-20(25)14-29-22(26)17-11-5-6-13-19(17)30-16-9-3-2-4-10-16/h2-13H,14H2,1H3,(H,23,25). The van der Waals surface area contributed by atoms with Gasteiger partial charge in [0.1, 0.15) is 22.7 Å². The summed E-state index contributed by atoms with van der Waals surface area (Å²) in [7, 11) is 0. The van der Waals surface area contributed by atoms with Crippen LogP contribution in [-0.4, -0.2) is 23.4 Å². The lowest BCUT2D eigenvalue weighted by molar-refractivity contribution is -0.384. The molecule has 0 saturated carbocycles. The van der Waals surface area contributed by atoms with Gasteiger partial charge in [-0.25, -0.2) is 4.79 Å². The lowest BCUT2D eigenvalue weighted by Crippen LogP contribution is -2.22. The largest absolute Gasteiger partial charge is 0.456 e. The summed E-state index contributed by atoms with van der Waals surface area (Å²) in [6, 6.07) is 19.8. The van der Waals surface area contributed by atoms with Crippen molar-refractivity contribution in [3.8, 4) is 11.5 Å². The number of amides is 1. The number of ether oxygens (including phenoxy) is 2. The number of aryl methyl sites for hydroxylation is 1. The van der Waals surface area contributed by atoms with Crippen molar-refractivity contribution in [2.24, 2.45) is 0 Å². The number of nitrogens with zero attached hydrogens (tertiary/aromatic N) is 1. The van der Waals surface area contributed by atoms with E-state index in [2.05, 4.69) is 5.32 Å². The molecule has 8 nitrogen and oxygen atoms in total. The summed E-state index contributed by atoms with van der Waals surface area (Å²) in [6.45, 7) is 1.02. The van der Waals surface area contributed by atoms with Crippen molar-refractivity contribution in [1.29, 1.82) is 0 Å². The van der Waals surface area contributed by atoms with Crippen LogP contribution in [0.2, 0.25) is 0 Å². The highest BCUT2D eigenvalue weighted by Crippen LogP contribution is 2.28. The normalized spacial score (nSPS) is 10.2. The topological polar surface area (TPSA) is 108 Å². The third kappa shape index (κ3) is 4.99. The molecule has 1 N–H and O–H groups in total. The number of benzene rings is 3. The molecule has 0 heterocycles. The van der Waals surface area contributed by atoms with Gasteiger partial charge in [0, 0.05) is 6.07 Å². The van der Waals surface area contributed by atoms with E-state index in [1.807, 2.05) is 6.07 Å². The van der Waals surface area contributed by atoms with E-state index in [0.717, 1.165) is 0 Å². The Morgan fingerprint density at radius 1 is 0.967 bits per heavy atom. The summed E-state index contributed by atoms with van der Waals surface area (Å²) in [6.07, 6.45) is 0. The first kappa shape index (κ1) is 20.5. The van der Waals surface area contributed by atoms with Crippen molar-refractivity contribution >= 4 is 23.3 Å². The Hall–Kier alpha value is -4.20. The molecule has 0 aliphatic carbocycles. The lowest BCUT2D eigenvalue weighted by Gasteiger charge is -2.12. The predicted octanol–water partition coefficient (Wildman–Crippen LogP) is 4.49. The molecule has 30 heavy (non-hydrogen) atoms. The van der Waals surface area contributed by atoms with Gasteiger partial charge in [0.25, 0.3) is 11.6 Å². The SMILES string of the molecule is Cc1cccc([N+](=O)[O-])c1NC(=O)COC(=O)c1ccccc1Oc1ccccc1. The van der Waals surface area contributed by atoms with Crippen LogP contribution in [0.1, 0.15) is 15.9 Å². The van der Waals surface area contributed by atoms with Gasteiger partial charge in [-0.05, 0) is 36.8 Å². The molecule has 1 amide bonds. The Bertz CT molecular complexity index is 1080. The zero-order valence-corrected chi connectivity index (χ0v) is 16.0. The number of hydrogen-bond donors (Lipinski definition) is 1. The van der Waals surface area contributed by atoms with Gasteiger partial charge in [0.2, 0.25) is 0 Å². The number of carbonyl (C=O) groups is 2. The number of nitro benzene ring substituents is 1. The molecule has 3 aromatic carbocycles. The third-order valence-corrected chi connectivity index (χ3v) is 4.12. The minimum atomic E-state index is -0.754. The summed E-state index contributed by atoms with van der Waals surface area (Å²) >= 11 is 0.